The van der Waals surface area contributed by atoms with E-state index in [1.54, 1.807) is 78.7 Å². The molecule has 0 unspecified atom stereocenters. The number of benzene rings is 4. The van der Waals surface area contributed by atoms with Gasteiger partial charge in [0.25, 0.3) is 5.91 Å². The number of aryl methyl sites for hydroxylation is 1. The predicted octanol–water partition coefficient (Wildman–Crippen LogP) is 12.9. The Morgan fingerprint density at radius 1 is 0.714 bits per heavy atom. The number of amides is 2. The van der Waals surface area contributed by atoms with Gasteiger partial charge in [0.15, 0.2) is 23.0 Å². The Bertz CT molecular complexity index is 3450. The molecule has 14 nitrogen and oxygen atoms in total. The number of ether oxygens (including phenoxy) is 4. The van der Waals surface area contributed by atoms with E-state index in [2.05, 4.69) is 58.0 Å². The fourth-order valence-electron chi connectivity index (χ4n) is 9.75. The van der Waals surface area contributed by atoms with Crippen LogP contribution >= 0.6 is 0 Å². The quantitative estimate of drug-likeness (QED) is 0.0764. The summed E-state index contributed by atoms with van der Waals surface area (Å²) >= 11 is 0. The maximum Gasteiger partial charge on any atom is 0.298 e. The standard InChI is InChI=1S/C30H29FN4O3.C29H29FN4O3.2CH4/c1-4-7-23-29-28(20-11-13-22(14-12-20)38-25-10-6-9-24(37-3)27(25)31)33-30(35(29)18-16-32-23)21-15-17-34(19-21)26(36)8-5-2;1-5-24(35)33-15-13-20(17-33)29-32-27(28-26(18(2)3)31-14-16-34(28)29)19-9-11-21(12-10-19)37-23-8-6-7-22(36-4)25(23)30;;/h6,9-14,16,18,21H,4,7,15,17,19H2,1-3H3;5-12,14,16,18,20H,1,13,15,17H2,2-4H3;2*1H4/t21-;20-;;/m11../s1. The molecule has 10 rings (SSSR count). The minimum absolute atomic E-state index is 0. The molecule has 2 aliphatic rings. The van der Waals surface area contributed by atoms with Gasteiger partial charge in [-0.2, -0.15) is 8.78 Å². The first-order chi connectivity index (χ1) is 36.4. The molecule has 4 aromatic carbocycles. The molecule has 0 radical (unpaired) electrons. The third-order valence-corrected chi connectivity index (χ3v) is 13.4. The number of aromatic nitrogens is 6. The largest absolute Gasteiger partial charge is 0.494 e. The molecule has 6 heterocycles. The molecular formula is C61H66F2N8O6. The van der Waals surface area contributed by atoms with Crippen molar-refractivity contribution in [2.24, 2.45) is 0 Å². The lowest BCUT2D eigenvalue weighted by Gasteiger charge is -2.14. The highest BCUT2D eigenvalue weighted by Gasteiger charge is 2.33. The fraction of sp³-hybridized carbons (Fsp3) is 0.311. The minimum atomic E-state index is -0.549. The van der Waals surface area contributed by atoms with Gasteiger partial charge in [-0.25, -0.2) is 9.97 Å². The summed E-state index contributed by atoms with van der Waals surface area (Å²) in [5.41, 5.74) is 7.29. The van der Waals surface area contributed by atoms with Gasteiger partial charge < -0.3 is 28.7 Å². The Labute approximate surface area is 449 Å². The summed E-state index contributed by atoms with van der Waals surface area (Å²) in [6, 6.07) is 24.4. The van der Waals surface area contributed by atoms with Crippen molar-refractivity contribution < 1.29 is 37.3 Å². The molecule has 8 aromatic rings. The van der Waals surface area contributed by atoms with Gasteiger partial charge in [-0.3, -0.25) is 28.4 Å². The van der Waals surface area contributed by atoms with Crippen molar-refractivity contribution in [1.29, 1.82) is 0 Å². The number of methoxy groups -OCH3 is 2. The Kier molecular flexibility index (Phi) is 18.1. The SMILES string of the molecule is C.C.C=CC(=O)N1CC[C@@H](c2nc(-c3ccc(Oc4cccc(OC)c4F)cc3)c3c(C(C)C)nccn23)C1.CC#CC(=O)N1CC[C@@H](c2nc(-c3ccc(Oc4cccc(OC)c4F)cc3)c3c(CCC)nccn23)C1. The molecule has 0 N–H and O–H groups in total. The number of likely N-dealkylation sites (tertiary alicyclic amines) is 2. The first kappa shape index (κ1) is 56.2. The topological polar surface area (TPSA) is 138 Å². The predicted molar refractivity (Wildman–Crippen MR) is 296 cm³/mol. The lowest BCUT2D eigenvalue weighted by atomic mass is 10.0. The zero-order valence-electron chi connectivity index (χ0n) is 42.8. The lowest BCUT2D eigenvalue weighted by Crippen LogP contribution is -2.27. The maximum absolute atomic E-state index is 14.6. The van der Waals surface area contributed by atoms with Crippen molar-refractivity contribution in [3.05, 3.63) is 157 Å². The second kappa shape index (κ2) is 24.8. The summed E-state index contributed by atoms with van der Waals surface area (Å²) in [5.74, 6) is 7.67. The van der Waals surface area contributed by atoms with E-state index in [1.807, 2.05) is 47.8 Å². The summed E-state index contributed by atoms with van der Waals surface area (Å²) < 4.78 is 55.0. The number of halogens is 2. The van der Waals surface area contributed by atoms with Crippen molar-refractivity contribution in [3.8, 4) is 68.9 Å². The summed E-state index contributed by atoms with van der Waals surface area (Å²) in [6.07, 6.45) is 12.3. The maximum atomic E-state index is 14.6. The zero-order valence-corrected chi connectivity index (χ0v) is 42.8. The van der Waals surface area contributed by atoms with E-state index < -0.39 is 11.6 Å². The van der Waals surface area contributed by atoms with Crippen molar-refractivity contribution in [2.75, 3.05) is 40.4 Å². The van der Waals surface area contributed by atoms with Gasteiger partial charge in [-0.15, -0.1) is 0 Å². The number of hydrogen-bond donors (Lipinski definition) is 0. The van der Waals surface area contributed by atoms with Crippen LogP contribution in [0.3, 0.4) is 0 Å². The summed E-state index contributed by atoms with van der Waals surface area (Å²) in [6.45, 7) is 14.1. The molecule has 0 bridgehead atoms. The number of imidazole rings is 2. The van der Waals surface area contributed by atoms with Gasteiger partial charge in [0.2, 0.25) is 17.5 Å². The van der Waals surface area contributed by atoms with Crippen LogP contribution in [-0.2, 0) is 16.0 Å². The highest BCUT2D eigenvalue weighted by atomic mass is 19.1. The van der Waals surface area contributed by atoms with Crippen molar-refractivity contribution >= 4 is 22.8 Å². The van der Waals surface area contributed by atoms with E-state index in [4.69, 9.17) is 28.9 Å². The highest BCUT2D eigenvalue weighted by molar-refractivity contribution is 5.93. The molecule has 2 atom stereocenters. The van der Waals surface area contributed by atoms with Crippen molar-refractivity contribution in [2.45, 2.75) is 86.0 Å². The lowest BCUT2D eigenvalue weighted by molar-refractivity contribution is -0.125. The van der Waals surface area contributed by atoms with E-state index in [0.717, 1.165) is 82.3 Å². The minimum Gasteiger partial charge on any atom is -0.494 e. The van der Waals surface area contributed by atoms with Crippen LogP contribution in [0.2, 0.25) is 0 Å². The highest BCUT2D eigenvalue weighted by Crippen LogP contribution is 2.39. The molecule has 2 fully saturated rings. The number of rotatable bonds is 14. The van der Waals surface area contributed by atoms with Gasteiger partial charge >= 0.3 is 0 Å². The van der Waals surface area contributed by atoms with Crippen LogP contribution in [0.25, 0.3) is 33.5 Å². The summed E-state index contributed by atoms with van der Waals surface area (Å²) in [4.78, 5) is 47.7. The zero-order chi connectivity index (χ0) is 52.8. The Hall–Kier alpha value is -8.58. The number of carbonyl (C=O) groups excluding carboxylic acids is 2. The molecular weight excluding hydrogens is 979 g/mol. The van der Waals surface area contributed by atoms with Gasteiger partial charge in [0.1, 0.15) is 23.1 Å². The number of carbonyl (C=O) groups is 2. The van der Waals surface area contributed by atoms with Gasteiger partial charge in [0, 0.05) is 73.9 Å². The van der Waals surface area contributed by atoms with Crippen LogP contribution in [0.4, 0.5) is 8.78 Å². The molecule has 400 valence electrons. The molecule has 0 aliphatic carbocycles. The number of hydrogen-bond acceptors (Lipinski definition) is 10. The normalized spacial score (nSPS) is 14.7. The average molecular weight is 1050 g/mol. The van der Waals surface area contributed by atoms with Crippen LogP contribution in [0, 0.1) is 23.5 Å². The van der Waals surface area contributed by atoms with E-state index >= 15 is 0 Å². The van der Waals surface area contributed by atoms with Crippen molar-refractivity contribution in [3.63, 3.8) is 0 Å². The average Bonchev–Trinajstić information content (AvgIpc) is 4.31. The smallest absolute Gasteiger partial charge is 0.298 e. The van der Waals surface area contributed by atoms with Crippen LogP contribution in [-0.4, -0.2) is 90.8 Å². The first-order valence-corrected chi connectivity index (χ1v) is 25.0. The second-order valence-corrected chi connectivity index (χ2v) is 18.5. The molecule has 16 heteroatoms. The van der Waals surface area contributed by atoms with Gasteiger partial charge in [-0.1, -0.05) is 66.7 Å². The van der Waals surface area contributed by atoms with E-state index in [9.17, 15) is 18.4 Å². The molecule has 77 heavy (non-hydrogen) atoms. The number of fused-ring (bicyclic) bond motifs is 2. The number of nitrogens with zero attached hydrogens (tertiary/aromatic N) is 8. The molecule has 2 amide bonds. The summed E-state index contributed by atoms with van der Waals surface area (Å²) in [7, 11) is 2.84. The van der Waals surface area contributed by atoms with Crippen LogP contribution < -0.4 is 18.9 Å². The molecule has 0 saturated carbocycles. The summed E-state index contributed by atoms with van der Waals surface area (Å²) in [5, 5.41) is 0. The molecule has 4 aromatic heterocycles. The van der Waals surface area contributed by atoms with Crippen LogP contribution in [0.1, 0.15) is 103 Å². The van der Waals surface area contributed by atoms with Crippen molar-refractivity contribution in [1.82, 2.24) is 38.5 Å². The Morgan fingerprint density at radius 3 is 1.69 bits per heavy atom. The van der Waals surface area contributed by atoms with Gasteiger partial charge in [-0.05, 0) is 117 Å². The Morgan fingerprint density at radius 2 is 1.19 bits per heavy atom. The van der Waals surface area contributed by atoms with E-state index in [1.165, 1.54) is 20.3 Å². The Balaban J connectivity index is 0.000000218. The van der Waals surface area contributed by atoms with Crippen LogP contribution in [0.15, 0.2) is 122 Å². The third kappa shape index (κ3) is 11.6. The second-order valence-electron chi connectivity index (χ2n) is 18.5. The van der Waals surface area contributed by atoms with Gasteiger partial charge in [0.05, 0.1) is 48.0 Å². The van der Waals surface area contributed by atoms with Crippen LogP contribution in [0.5, 0.6) is 34.5 Å². The first-order valence-electron chi connectivity index (χ1n) is 25.0. The molecule has 2 aliphatic heterocycles. The van der Waals surface area contributed by atoms with E-state index in [0.29, 0.717) is 37.7 Å². The molecule has 2 saturated heterocycles. The molecule has 0 spiro atoms. The monoisotopic (exact) mass is 1040 g/mol. The third-order valence-electron chi connectivity index (χ3n) is 13.4. The fourth-order valence-corrected chi connectivity index (χ4v) is 9.75. The van der Waals surface area contributed by atoms with E-state index in [-0.39, 0.29) is 67.4 Å².